The third-order valence-corrected chi connectivity index (χ3v) is 4.33. The van der Waals surface area contributed by atoms with E-state index in [1.807, 2.05) is 0 Å². The van der Waals surface area contributed by atoms with Crippen LogP contribution in [-0.2, 0) is 0 Å². The Morgan fingerprint density at radius 2 is 1.93 bits per heavy atom. The van der Waals surface area contributed by atoms with Crippen LogP contribution >= 0.6 is 0 Å². The van der Waals surface area contributed by atoms with Crippen molar-refractivity contribution in [2.45, 2.75) is 70.5 Å². The molecule has 88 valence electrons. The molecule has 0 aromatic rings. The summed E-state index contributed by atoms with van der Waals surface area (Å²) < 4.78 is 0. The maximum Gasteiger partial charge on any atom is 0.0127 e. The molecule has 1 aliphatic heterocycles. The highest BCUT2D eigenvalue weighted by Gasteiger charge is 2.37. The van der Waals surface area contributed by atoms with Crippen LogP contribution in [0.1, 0.15) is 52.4 Å². The van der Waals surface area contributed by atoms with Crippen molar-refractivity contribution in [2.75, 3.05) is 6.54 Å². The van der Waals surface area contributed by atoms with Crippen LogP contribution in [0, 0.1) is 5.92 Å². The van der Waals surface area contributed by atoms with Gasteiger partial charge in [0.2, 0.25) is 0 Å². The van der Waals surface area contributed by atoms with E-state index in [9.17, 15) is 0 Å². The van der Waals surface area contributed by atoms with Gasteiger partial charge in [0, 0.05) is 18.1 Å². The van der Waals surface area contributed by atoms with Gasteiger partial charge in [-0.05, 0) is 52.0 Å². The van der Waals surface area contributed by atoms with Gasteiger partial charge in [-0.1, -0.05) is 12.8 Å². The summed E-state index contributed by atoms with van der Waals surface area (Å²) in [6.45, 7) is 5.81. The lowest BCUT2D eigenvalue weighted by atomic mass is 9.85. The van der Waals surface area contributed by atoms with E-state index < -0.39 is 0 Å². The zero-order valence-electron chi connectivity index (χ0n) is 10.3. The van der Waals surface area contributed by atoms with Crippen LogP contribution in [-0.4, -0.2) is 29.6 Å². The van der Waals surface area contributed by atoms with Gasteiger partial charge in [0.15, 0.2) is 0 Å². The molecular formula is C13H26N2. The van der Waals surface area contributed by atoms with Crippen LogP contribution in [0.4, 0.5) is 0 Å². The van der Waals surface area contributed by atoms with Gasteiger partial charge in [0.25, 0.3) is 0 Å². The molecule has 2 N–H and O–H groups in total. The molecule has 1 saturated heterocycles. The molecule has 0 aromatic heterocycles. The number of nitrogens with two attached hydrogens (primary N) is 1. The first-order valence-electron chi connectivity index (χ1n) is 6.70. The first-order chi connectivity index (χ1) is 7.18. The molecule has 0 radical (unpaired) electrons. The zero-order chi connectivity index (χ0) is 10.8. The molecule has 2 nitrogen and oxygen atoms in total. The lowest BCUT2D eigenvalue weighted by molar-refractivity contribution is 0.132. The Labute approximate surface area is 94.2 Å². The van der Waals surface area contributed by atoms with Gasteiger partial charge in [-0.15, -0.1) is 0 Å². The largest absolute Gasteiger partial charge is 0.328 e. The Hall–Kier alpha value is -0.0800. The fourth-order valence-corrected chi connectivity index (χ4v) is 3.66. The van der Waals surface area contributed by atoms with Crippen molar-refractivity contribution in [3.63, 3.8) is 0 Å². The van der Waals surface area contributed by atoms with Crippen LogP contribution in [0.25, 0.3) is 0 Å². The number of hydrogen-bond donors (Lipinski definition) is 1. The Morgan fingerprint density at radius 3 is 2.67 bits per heavy atom. The van der Waals surface area contributed by atoms with Gasteiger partial charge in [0.1, 0.15) is 0 Å². The maximum absolute atomic E-state index is 5.90. The standard InChI is InChI=1S/C13H26N2/c1-10(14)9-11(2)15-8-7-12-5-3-4-6-13(12)15/h10-13H,3-9,14H2,1-2H3. The molecule has 1 heterocycles. The number of likely N-dealkylation sites (tertiary alicyclic amines) is 1. The quantitative estimate of drug-likeness (QED) is 0.775. The highest BCUT2D eigenvalue weighted by molar-refractivity contribution is 4.92. The second kappa shape index (κ2) is 4.84. The van der Waals surface area contributed by atoms with Crippen molar-refractivity contribution < 1.29 is 0 Å². The monoisotopic (exact) mass is 210 g/mol. The SMILES string of the molecule is CC(N)CC(C)N1CCC2CCCCC21. The second-order valence-electron chi connectivity index (χ2n) is 5.70. The molecule has 4 atom stereocenters. The fraction of sp³-hybridized carbons (Fsp3) is 1.00. The van der Waals surface area contributed by atoms with E-state index in [0.717, 1.165) is 18.4 Å². The Bertz CT molecular complexity index is 203. The van der Waals surface area contributed by atoms with E-state index in [0.29, 0.717) is 12.1 Å². The molecule has 2 rings (SSSR count). The van der Waals surface area contributed by atoms with Gasteiger partial charge in [0.05, 0.1) is 0 Å². The van der Waals surface area contributed by atoms with Gasteiger partial charge < -0.3 is 5.73 Å². The van der Waals surface area contributed by atoms with Crippen LogP contribution < -0.4 is 5.73 Å². The summed E-state index contributed by atoms with van der Waals surface area (Å²) in [5, 5.41) is 0. The highest BCUT2D eigenvalue weighted by atomic mass is 15.2. The van der Waals surface area contributed by atoms with E-state index in [4.69, 9.17) is 5.73 Å². The zero-order valence-corrected chi connectivity index (χ0v) is 10.3. The summed E-state index contributed by atoms with van der Waals surface area (Å²) in [5.41, 5.74) is 5.90. The Balaban J connectivity index is 1.92. The van der Waals surface area contributed by atoms with Gasteiger partial charge in [-0.25, -0.2) is 0 Å². The van der Waals surface area contributed by atoms with E-state index in [1.54, 1.807) is 0 Å². The molecule has 1 aliphatic carbocycles. The topological polar surface area (TPSA) is 29.3 Å². The summed E-state index contributed by atoms with van der Waals surface area (Å²) in [6, 6.07) is 1.94. The summed E-state index contributed by atoms with van der Waals surface area (Å²) in [4.78, 5) is 2.74. The summed E-state index contributed by atoms with van der Waals surface area (Å²) >= 11 is 0. The first kappa shape index (κ1) is 11.4. The smallest absolute Gasteiger partial charge is 0.0127 e. The minimum Gasteiger partial charge on any atom is -0.328 e. The average Bonchev–Trinajstić information content (AvgIpc) is 2.59. The van der Waals surface area contributed by atoms with Crippen molar-refractivity contribution >= 4 is 0 Å². The Morgan fingerprint density at radius 1 is 1.20 bits per heavy atom. The van der Waals surface area contributed by atoms with Gasteiger partial charge in [-0.2, -0.15) is 0 Å². The number of fused-ring (bicyclic) bond motifs is 1. The normalized spacial score (nSPS) is 36.2. The first-order valence-corrected chi connectivity index (χ1v) is 6.70. The van der Waals surface area contributed by atoms with Crippen LogP contribution in [0.15, 0.2) is 0 Å². The van der Waals surface area contributed by atoms with Crippen molar-refractivity contribution in [1.82, 2.24) is 4.90 Å². The van der Waals surface area contributed by atoms with E-state index in [2.05, 4.69) is 18.7 Å². The predicted octanol–water partition coefficient (Wildman–Crippen LogP) is 2.38. The maximum atomic E-state index is 5.90. The second-order valence-corrected chi connectivity index (χ2v) is 5.70. The molecule has 0 aromatic carbocycles. The number of rotatable bonds is 3. The Kier molecular flexibility index (Phi) is 3.68. The minimum absolute atomic E-state index is 0.350. The van der Waals surface area contributed by atoms with Crippen LogP contribution in [0.2, 0.25) is 0 Å². The van der Waals surface area contributed by atoms with Crippen molar-refractivity contribution in [3.05, 3.63) is 0 Å². The van der Waals surface area contributed by atoms with E-state index in [-0.39, 0.29) is 0 Å². The van der Waals surface area contributed by atoms with Crippen molar-refractivity contribution in [3.8, 4) is 0 Å². The molecule has 2 heteroatoms. The molecular weight excluding hydrogens is 184 g/mol. The summed E-state index contributed by atoms with van der Waals surface area (Å²) in [5.74, 6) is 1.01. The molecule has 2 aliphatic rings. The van der Waals surface area contributed by atoms with Gasteiger partial charge in [-0.3, -0.25) is 4.90 Å². The summed E-state index contributed by atoms with van der Waals surface area (Å²) in [7, 11) is 0. The van der Waals surface area contributed by atoms with Crippen molar-refractivity contribution in [2.24, 2.45) is 11.7 Å². The highest BCUT2D eigenvalue weighted by Crippen LogP contribution is 2.37. The van der Waals surface area contributed by atoms with E-state index >= 15 is 0 Å². The van der Waals surface area contributed by atoms with Gasteiger partial charge >= 0.3 is 0 Å². The van der Waals surface area contributed by atoms with E-state index in [1.165, 1.54) is 38.6 Å². The van der Waals surface area contributed by atoms with Crippen molar-refractivity contribution in [1.29, 1.82) is 0 Å². The average molecular weight is 210 g/mol. The molecule has 0 amide bonds. The third-order valence-electron chi connectivity index (χ3n) is 4.33. The number of hydrogen-bond acceptors (Lipinski definition) is 2. The molecule has 0 spiro atoms. The predicted molar refractivity (Wildman–Crippen MR) is 64.8 cm³/mol. The molecule has 4 unspecified atom stereocenters. The molecule has 15 heavy (non-hydrogen) atoms. The lowest BCUT2D eigenvalue weighted by Crippen LogP contribution is -2.42. The van der Waals surface area contributed by atoms with Crippen LogP contribution in [0.3, 0.4) is 0 Å². The number of nitrogens with zero attached hydrogens (tertiary/aromatic N) is 1. The lowest BCUT2D eigenvalue weighted by Gasteiger charge is -2.36. The molecule has 0 bridgehead atoms. The summed E-state index contributed by atoms with van der Waals surface area (Å²) in [6.07, 6.45) is 8.43. The third kappa shape index (κ3) is 2.54. The molecule has 2 fully saturated rings. The van der Waals surface area contributed by atoms with Crippen LogP contribution in [0.5, 0.6) is 0 Å². The molecule has 1 saturated carbocycles. The fourth-order valence-electron chi connectivity index (χ4n) is 3.66. The minimum atomic E-state index is 0.350.